The van der Waals surface area contributed by atoms with Crippen molar-refractivity contribution >= 4 is 17.7 Å². The fourth-order valence-electron chi connectivity index (χ4n) is 6.16. The van der Waals surface area contributed by atoms with Crippen molar-refractivity contribution in [1.82, 2.24) is 14.7 Å². The second-order valence-corrected chi connectivity index (χ2v) is 10.6. The monoisotopic (exact) mass is 472 g/mol. The number of cyclic esters (lactones) is 1. The number of carbonyl (C=O) groups is 2. The fraction of sp³-hybridized carbons (Fsp3) is 0.692. The van der Waals surface area contributed by atoms with E-state index in [0.29, 0.717) is 32.0 Å². The first kappa shape index (κ1) is 23.4. The van der Waals surface area contributed by atoms with Gasteiger partial charge in [0.1, 0.15) is 11.9 Å². The standard InChI is InChI=1S/C26H37FN4O3/c1-20-19-31(22-6-4-21(27)5-7-22)17-16-28(20)13-8-23-18-26(24(32)34-23)9-14-30(15-10-26)25(33)29-11-2-3-12-29/h4-7,20,23H,2-3,8-19H2,1H3/t20-,23-/m0/s1. The Labute approximate surface area is 201 Å². The van der Waals surface area contributed by atoms with E-state index in [1.807, 2.05) is 21.9 Å². The van der Waals surface area contributed by atoms with Gasteiger partial charge in [0.2, 0.25) is 0 Å². The van der Waals surface area contributed by atoms with Gasteiger partial charge in [-0.1, -0.05) is 0 Å². The van der Waals surface area contributed by atoms with Crippen molar-refractivity contribution in [2.24, 2.45) is 5.41 Å². The average molecular weight is 473 g/mol. The lowest BCUT2D eigenvalue weighted by Crippen LogP contribution is -2.52. The van der Waals surface area contributed by atoms with Gasteiger partial charge < -0.3 is 19.4 Å². The highest BCUT2D eigenvalue weighted by Gasteiger charge is 2.51. The minimum Gasteiger partial charge on any atom is -0.462 e. The van der Waals surface area contributed by atoms with Gasteiger partial charge in [0.15, 0.2) is 0 Å². The van der Waals surface area contributed by atoms with Crippen LogP contribution in [0.15, 0.2) is 24.3 Å². The van der Waals surface area contributed by atoms with E-state index in [2.05, 4.69) is 16.7 Å². The quantitative estimate of drug-likeness (QED) is 0.629. The molecule has 186 valence electrons. The predicted molar refractivity (Wildman–Crippen MR) is 128 cm³/mol. The van der Waals surface area contributed by atoms with Crippen LogP contribution in [0.3, 0.4) is 0 Å². The smallest absolute Gasteiger partial charge is 0.319 e. The molecule has 34 heavy (non-hydrogen) atoms. The van der Waals surface area contributed by atoms with E-state index in [0.717, 1.165) is 70.6 Å². The lowest BCUT2D eigenvalue weighted by atomic mass is 9.76. The van der Waals surface area contributed by atoms with E-state index in [9.17, 15) is 14.0 Å². The molecule has 2 amide bonds. The van der Waals surface area contributed by atoms with E-state index in [1.54, 1.807) is 0 Å². The first-order valence-electron chi connectivity index (χ1n) is 12.9. The van der Waals surface area contributed by atoms with Crippen LogP contribution in [-0.4, -0.2) is 91.2 Å². The lowest BCUT2D eigenvalue weighted by molar-refractivity contribution is -0.150. The van der Waals surface area contributed by atoms with Gasteiger partial charge in [-0.05, 0) is 63.3 Å². The molecule has 4 saturated heterocycles. The van der Waals surface area contributed by atoms with Crippen LogP contribution < -0.4 is 4.90 Å². The van der Waals surface area contributed by atoms with Crippen LogP contribution in [0.1, 0.15) is 45.4 Å². The number of anilines is 1. The molecule has 0 saturated carbocycles. The van der Waals surface area contributed by atoms with Crippen molar-refractivity contribution in [3.05, 3.63) is 30.1 Å². The normalized spacial score (nSPS) is 27.5. The Morgan fingerprint density at radius 2 is 1.71 bits per heavy atom. The minimum absolute atomic E-state index is 0.0318. The Kier molecular flexibility index (Phi) is 6.69. The SMILES string of the molecule is C[C@H]1CN(c2ccc(F)cc2)CCN1CC[C@H]1CC2(CCN(C(=O)N3CCCC3)CC2)C(=O)O1. The van der Waals surface area contributed by atoms with Gasteiger partial charge in [0.25, 0.3) is 0 Å². The van der Waals surface area contributed by atoms with Gasteiger partial charge >= 0.3 is 12.0 Å². The van der Waals surface area contributed by atoms with E-state index >= 15 is 0 Å². The third-order valence-electron chi connectivity index (χ3n) is 8.39. The molecule has 0 aromatic heterocycles. The topological polar surface area (TPSA) is 56.3 Å². The van der Waals surface area contributed by atoms with Crippen molar-refractivity contribution in [3.63, 3.8) is 0 Å². The summed E-state index contributed by atoms with van der Waals surface area (Å²) in [6, 6.07) is 7.25. The summed E-state index contributed by atoms with van der Waals surface area (Å²) in [5.41, 5.74) is 0.661. The van der Waals surface area contributed by atoms with Gasteiger partial charge in [0.05, 0.1) is 5.41 Å². The first-order valence-corrected chi connectivity index (χ1v) is 12.9. The number of likely N-dealkylation sites (tertiary alicyclic amines) is 2. The molecule has 0 radical (unpaired) electrons. The molecule has 7 nitrogen and oxygen atoms in total. The number of urea groups is 1. The van der Waals surface area contributed by atoms with Crippen molar-refractivity contribution < 1.29 is 18.7 Å². The van der Waals surface area contributed by atoms with Crippen LogP contribution in [0.25, 0.3) is 0 Å². The van der Waals surface area contributed by atoms with Crippen LogP contribution in [-0.2, 0) is 9.53 Å². The second-order valence-electron chi connectivity index (χ2n) is 10.6. The molecule has 4 heterocycles. The summed E-state index contributed by atoms with van der Waals surface area (Å²) < 4.78 is 19.1. The summed E-state index contributed by atoms with van der Waals surface area (Å²) in [5.74, 6) is -0.261. The van der Waals surface area contributed by atoms with E-state index < -0.39 is 5.41 Å². The van der Waals surface area contributed by atoms with E-state index in [-0.39, 0.29) is 23.9 Å². The number of piperidine rings is 1. The largest absolute Gasteiger partial charge is 0.462 e. The van der Waals surface area contributed by atoms with E-state index in [1.165, 1.54) is 12.1 Å². The molecule has 0 N–H and O–H groups in total. The molecule has 1 spiro atoms. The Hall–Kier alpha value is -2.35. The molecule has 8 heteroatoms. The number of halogens is 1. The summed E-state index contributed by atoms with van der Waals surface area (Å²) >= 11 is 0. The predicted octanol–water partition coefficient (Wildman–Crippen LogP) is 3.34. The van der Waals surface area contributed by atoms with Crippen LogP contribution in [0.2, 0.25) is 0 Å². The molecule has 4 aliphatic heterocycles. The molecule has 0 bridgehead atoms. The van der Waals surface area contributed by atoms with Crippen LogP contribution >= 0.6 is 0 Å². The molecule has 2 atom stereocenters. The molecule has 0 aliphatic carbocycles. The number of amides is 2. The van der Waals surface area contributed by atoms with Crippen molar-refractivity contribution in [3.8, 4) is 0 Å². The molecular formula is C26H37FN4O3. The molecule has 1 aromatic rings. The number of piperazine rings is 1. The summed E-state index contributed by atoms with van der Waals surface area (Å²) in [7, 11) is 0. The van der Waals surface area contributed by atoms with Gasteiger partial charge in [0, 0.05) is 70.5 Å². The maximum Gasteiger partial charge on any atom is 0.319 e. The Bertz CT molecular complexity index is 881. The van der Waals surface area contributed by atoms with Gasteiger partial charge in [-0.15, -0.1) is 0 Å². The highest BCUT2D eigenvalue weighted by atomic mass is 19.1. The van der Waals surface area contributed by atoms with Crippen molar-refractivity contribution in [2.75, 3.05) is 57.3 Å². The summed E-state index contributed by atoms with van der Waals surface area (Å²) in [6.45, 7) is 8.92. The Balaban J connectivity index is 1.09. The zero-order chi connectivity index (χ0) is 23.7. The number of ether oxygens (including phenoxy) is 1. The maximum atomic E-state index is 13.2. The average Bonchev–Trinajstić information content (AvgIpc) is 3.48. The number of hydrogen-bond acceptors (Lipinski definition) is 5. The van der Waals surface area contributed by atoms with Crippen molar-refractivity contribution in [2.45, 2.75) is 57.6 Å². The van der Waals surface area contributed by atoms with Crippen molar-refractivity contribution in [1.29, 1.82) is 0 Å². The highest BCUT2D eigenvalue weighted by molar-refractivity contribution is 5.80. The number of carbonyl (C=O) groups excluding carboxylic acids is 2. The summed E-state index contributed by atoms with van der Waals surface area (Å²) in [6.07, 6.45) is 5.22. The molecule has 4 fully saturated rings. The Morgan fingerprint density at radius 1 is 1.03 bits per heavy atom. The van der Waals surface area contributed by atoms with E-state index in [4.69, 9.17) is 4.74 Å². The third-order valence-corrected chi connectivity index (χ3v) is 8.39. The Morgan fingerprint density at radius 3 is 2.38 bits per heavy atom. The summed E-state index contributed by atoms with van der Waals surface area (Å²) in [5, 5.41) is 0. The number of benzene rings is 1. The molecule has 4 aliphatic rings. The zero-order valence-electron chi connectivity index (χ0n) is 20.3. The second kappa shape index (κ2) is 9.72. The first-order chi connectivity index (χ1) is 16.4. The molecular weight excluding hydrogens is 435 g/mol. The maximum absolute atomic E-state index is 13.2. The van der Waals surface area contributed by atoms with Crippen LogP contribution in [0, 0.1) is 11.2 Å². The summed E-state index contributed by atoms with van der Waals surface area (Å²) in [4.78, 5) is 34.2. The molecule has 1 aromatic carbocycles. The van der Waals surface area contributed by atoms with Gasteiger partial charge in [-0.2, -0.15) is 0 Å². The van der Waals surface area contributed by atoms with Gasteiger partial charge in [-0.3, -0.25) is 9.69 Å². The number of hydrogen-bond donors (Lipinski definition) is 0. The minimum atomic E-state index is -0.403. The molecule has 0 unspecified atom stereocenters. The third kappa shape index (κ3) is 4.74. The molecule has 5 rings (SSSR count). The van der Waals surface area contributed by atoms with Crippen LogP contribution in [0.5, 0.6) is 0 Å². The fourth-order valence-corrected chi connectivity index (χ4v) is 6.16. The number of nitrogens with zero attached hydrogens (tertiary/aromatic N) is 4. The highest BCUT2D eigenvalue weighted by Crippen LogP contribution is 2.44. The zero-order valence-corrected chi connectivity index (χ0v) is 20.3. The van der Waals surface area contributed by atoms with Gasteiger partial charge in [-0.25, -0.2) is 9.18 Å². The van der Waals surface area contributed by atoms with Crippen LogP contribution in [0.4, 0.5) is 14.9 Å². The number of rotatable bonds is 4. The number of esters is 1. The lowest BCUT2D eigenvalue weighted by Gasteiger charge is -2.41.